The summed E-state index contributed by atoms with van der Waals surface area (Å²) in [5, 5.41) is 8.73. The molecule has 160 valence electrons. The Hall–Kier alpha value is -2.79. The first-order valence-corrected chi connectivity index (χ1v) is 11.2. The summed E-state index contributed by atoms with van der Waals surface area (Å²) in [6.07, 6.45) is 1.52. The number of anilines is 1. The number of piperazine rings is 1. The van der Waals surface area contributed by atoms with Crippen molar-refractivity contribution in [3.05, 3.63) is 41.2 Å². The minimum absolute atomic E-state index is 0.312. The van der Waals surface area contributed by atoms with Crippen molar-refractivity contribution in [3.8, 4) is 5.82 Å². The zero-order valence-electron chi connectivity index (χ0n) is 17.9. The molecule has 3 aromatic rings. The maximum atomic E-state index is 13.2. The fourth-order valence-corrected chi connectivity index (χ4v) is 5.72. The maximum absolute atomic E-state index is 13.2. The van der Waals surface area contributed by atoms with Crippen LogP contribution in [0.25, 0.3) is 5.82 Å². The van der Waals surface area contributed by atoms with Crippen LogP contribution >= 0.6 is 0 Å². The van der Waals surface area contributed by atoms with Gasteiger partial charge in [0.2, 0.25) is 10.0 Å². The van der Waals surface area contributed by atoms with Crippen LogP contribution in [0, 0.1) is 27.7 Å². The van der Waals surface area contributed by atoms with Crippen molar-refractivity contribution in [1.82, 2.24) is 33.8 Å². The number of hydrogen-bond donors (Lipinski definition) is 0. The molecule has 30 heavy (non-hydrogen) atoms. The lowest BCUT2D eigenvalue weighted by molar-refractivity contribution is 0.383. The second-order valence-electron chi connectivity index (χ2n) is 7.59. The highest BCUT2D eigenvalue weighted by Gasteiger charge is 2.33. The van der Waals surface area contributed by atoms with Gasteiger partial charge in [-0.25, -0.2) is 23.1 Å². The quantitative estimate of drug-likeness (QED) is 0.612. The van der Waals surface area contributed by atoms with Gasteiger partial charge in [0.25, 0.3) is 0 Å². The number of rotatable bonds is 4. The molecule has 11 heteroatoms. The summed E-state index contributed by atoms with van der Waals surface area (Å²) in [6.45, 7) is 9.30. The molecule has 0 aliphatic carbocycles. The van der Waals surface area contributed by atoms with E-state index in [0.29, 0.717) is 48.3 Å². The third kappa shape index (κ3) is 3.47. The topological polar surface area (TPSA) is 102 Å². The molecule has 0 saturated carbocycles. The normalized spacial score (nSPS) is 15.7. The van der Waals surface area contributed by atoms with Crippen molar-refractivity contribution in [2.75, 3.05) is 31.1 Å². The van der Waals surface area contributed by atoms with Gasteiger partial charge in [-0.15, -0.1) is 0 Å². The molecule has 0 bridgehead atoms. The van der Waals surface area contributed by atoms with E-state index in [-0.39, 0.29) is 0 Å². The molecule has 0 spiro atoms. The van der Waals surface area contributed by atoms with E-state index < -0.39 is 10.0 Å². The van der Waals surface area contributed by atoms with Crippen molar-refractivity contribution in [2.45, 2.75) is 32.6 Å². The van der Waals surface area contributed by atoms with Crippen LogP contribution in [-0.2, 0) is 17.1 Å². The fraction of sp³-hybridized carbons (Fsp3) is 0.474. The number of aromatic nitrogens is 6. The van der Waals surface area contributed by atoms with E-state index in [1.165, 1.54) is 10.6 Å². The maximum Gasteiger partial charge on any atom is 0.246 e. The Bertz CT molecular complexity index is 1190. The predicted octanol–water partition coefficient (Wildman–Crippen LogP) is 1.14. The highest BCUT2D eigenvalue weighted by atomic mass is 32.2. The van der Waals surface area contributed by atoms with E-state index in [1.54, 1.807) is 30.3 Å². The molecule has 3 aromatic heterocycles. The second-order valence-corrected chi connectivity index (χ2v) is 9.46. The van der Waals surface area contributed by atoms with E-state index in [2.05, 4.69) is 25.1 Å². The molecule has 0 N–H and O–H groups in total. The SMILES string of the molecule is Cc1cc(C)n(-c2cc(N3CCN(S(=O)(=O)c4c(C)nn(C)c4C)CC3)ncn2)n1. The highest BCUT2D eigenvalue weighted by molar-refractivity contribution is 7.89. The molecule has 0 unspecified atom stereocenters. The summed E-state index contributed by atoms with van der Waals surface area (Å²) < 4.78 is 31.3. The monoisotopic (exact) mass is 430 g/mol. The predicted molar refractivity (Wildman–Crippen MR) is 112 cm³/mol. The smallest absolute Gasteiger partial charge is 0.246 e. The second kappa shape index (κ2) is 7.47. The number of nitrogens with zero attached hydrogens (tertiary/aromatic N) is 8. The van der Waals surface area contributed by atoms with E-state index >= 15 is 0 Å². The van der Waals surface area contributed by atoms with Crippen LogP contribution in [-0.4, -0.2) is 68.4 Å². The molecule has 0 aromatic carbocycles. The third-order valence-corrected chi connectivity index (χ3v) is 7.62. The molecule has 1 fully saturated rings. The lowest BCUT2D eigenvalue weighted by atomic mass is 10.3. The lowest BCUT2D eigenvalue weighted by Gasteiger charge is -2.34. The van der Waals surface area contributed by atoms with Crippen molar-refractivity contribution < 1.29 is 8.42 Å². The van der Waals surface area contributed by atoms with E-state index in [0.717, 1.165) is 17.2 Å². The number of sulfonamides is 1. The molecule has 0 atom stereocenters. The van der Waals surface area contributed by atoms with Gasteiger partial charge in [-0.1, -0.05) is 0 Å². The van der Waals surface area contributed by atoms with Gasteiger partial charge in [0.05, 0.1) is 17.1 Å². The minimum atomic E-state index is -3.59. The van der Waals surface area contributed by atoms with Crippen LogP contribution < -0.4 is 4.90 Å². The van der Waals surface area contributed by atoms with Gasteiger partial charge in [-0.05, 0) is 33.8 Å². The van der Waals surface area contributed by atoms with Gasteiger partial charge in [0.15, 0.2) is 5.82 Å². The Morgan fingerprint density at radius 2 is 1.57 bits per heavy atom. The van der Waals surface area contributed by atoms with Gasteiger partial charge in [-0.3, -0.25) is 4.68 Å². The summed E-state index contributed by atoms with van der Waals surface area (Å²) in [4.78, 5) is 11.1. The molecule has 1 saturated heterocycles. The Labute approximate surface area is 176 Å². The minimum Gasteiger partial charge on any atom is -0.354 e. The Morgan fingerprint density at radius 3 is 2.13 bits per heavy atom. The summed E-state index contributed by atoms with van der Waals surface area (Å²) in [7, 11) is -1.83. The molecule has 0 radical (unpaired) electrons. The molecule has 0 amide bonds. The first-order chi connectivity index (χ1) is 14.2. The van der Waals surface area contributed by atoms with Crippen molar-refractivity contribution in [3.63, 3.8) is 0 Å². The standard InChI is InChI=1S/C19H26N8O2S/c1-13-10-14(2)27(22-13)18-11-17(20-12-21-18)25-6-8-26(9-7-25)30(28,29)19-15(3)23-24(5)16(19)4/h10-12H,6-9H2,1-5H3. The van der Waals surface area contributed by atoms with E-state index in [1.807, 2.05) is 26.0 Å². The van der Waals surface area contributed by atoms with Crippen LogP contribution in [0.5, 0.6) is 0 Å². The lowest BCUT2D eigenvalue weighted by Crippen LogP contribution is -2.49. The average molecular weight is 431 g/mol. The van der Waals surface area contributed by atoms with Gasteiger partial charge >= 0.3 is 0 Å². The average Bonchev–Trinajstić information content (AvgIpc) is 3.19. The molecular weight excluding hydrogens is 404 g/mol. The molecule has 4 rings (SSSR count). The largest absolute Gasteiger partial charge is 0.354 e. The zero-order chi connectivity index (χ0) is 21.6. The van der Waals surface area contributed by atoms with E-state index in [9.17, 15) is 8.42 Å². The van der Waals surface area contributed by atoms with Crippen molar-refractivity contribution in [1.29, 1.82) is 0 Å². The van der Waals surface area contributed by atoms with E-state index in [4.69, 9.17) is 0 Å². The molecule has 1 aliphatic rings. The Morgan fingerprint density at radius 1 is 0.900 bits per heavy atom. The van der Waals surface area contributed by atoms with Gasteiger partial charge < -0.3 is 4.90 Å². The third-order valence-electron chi connectivity index (χ3n) is 5.47. The summed E-state index contributed by atoms with van der Waals surface area (Å²) in [6, 6.07) is 3.88. The van der Waals surface area contributed by atoms with Crippen LogP contribution in [0.3, 0.4) is 0 Å². The van der Waals surface area contributed by atoms with Crippen LogP contribution in [0.4, 0.5) is 5.82 Å². The fourth-order valence-electron chi connectivity index (χ4n) is 3.90. The molecule has 10 nitrogen and oxygen atoms in total. The van der Waals surface area contributed by atoms with Gasteiger partial charge in [0, 0.05) is 45.0 Å². The number of hydrogen-bond acceptors (Lipinski definition) is 7. The number of aryl methyl sites for hydroxylation is 4. The molecule has 4 heterocycles. The summed E-state index contributed by atoms with van der Waals surface area (Å²) >= 11 is 0. The molecular formula is C19H26N8O2S. The Kier molecular flexibility index (Phi) is 5.10. The summed E-state index contributed by atoms with van der Waals surface area (Å²) in [5.41, 5.74) is 3.10. The van der Waals surface area contributed by atoms with Crippen LogP contribution in [0.1, 0.15) is 22.8 Å². The van der Waals surface area contributed by atoms with Gasteiger partial charge in [-0.2, -0.15) is 14.5 Å². The van der Waals surface area contributed by atoms with Crippen molar-refractivity contribution in [2.24, 2.45) is 7.05 Å². The van der Waals surface area contributed by atoms with Crippen molar-refractivity contribution >= 4 is 15.8 Å². The summed E-state index contributed by atoms with van der Waals surface area (Å²) in [5.74, 6) is 1.46. The van der Waals surface area contributed by atoms with Crippen LogP contribution in [0.15, 0.2) is 23.4 Å². The van der Waals surface area contributed by atoms with Gasteiger partial charge in [0.1, 0.15) is 17.0 Å². The first-order valence-electron chi connectivity index (χ1n) is 9.79. The van der Waals surface area contributed by atoms with Crippen LogP contribution in [0.2, 0.25) is 0 Å². The Balaban J connectivity index is 1.53. The molecule has 1 aliphatic heterocycles. The highest BCUT2D eigenvalue weighted by Crippen LogP contribution is 2.25. The first kappa shape index (κ1) is 20.5. The zero-order valence-corrected chi connectivity index (χ0v) is 18.7.